The van der Waals surface area contributed by atoms with Gasteiger partial charge in [0.1, 0.15) is 11.4 Å². The van der Waals surface area contributed by atoms with Gasteiger partial charge in [-0.3, -0.25) is 4.79 Å². The summed E-state index contributed by atoms with van der Waals surface area (Å²) in [4.78, 5) is 12.8. The molecule has 6 nitrogen and oxygen atoms in total. The first-order chi connectivity index (χ1) is 13.7. The summed E-state index contributed by atoms with van der Waals surface area (Å²) >= 11 is 0. The summed E-state index contributed by atoms with van der Waals surface area (Å²) in [6, 6.07) is 17.3. The van der Waals surface area contributed by atoms with E-state index < -0.39 is 0 Å². The molecule has 0 radical (unpaired) electrons. The fourth-order valence-corrected chi connectivity index (χ4v) is 2.83. The summed E-state index contributed by atoms with van der Waals surface area (Å²) in [5.41, 5.74) is 2.92. The van der Waals surface area contributed by atoms with Crippen LogP contribution in [0, 0.1) is 0 Å². The second-order valence-corrected chi connectivity index (χ2v) is 6.21. The average molecular weight is 379 g/mol. The smallest absolute Gasteiger partial charge is 0.255 e. The first kappa shape index (κ1) is 19.6. The Bertz CT molecular complexity index is 889. The van der Waals surface area contributed by atoms with Gasteiger partial charge in [0.25, 0.3) is 5.91 Å². The fourth-order valence-electron chi connectivity index (χ4n) is 2.83. The van der Waals surface area contributed by atoms with Gasteiger partial charge in [-0.05, 0) is 49.7 Å². The third kappa shape index (κ3) is 4.78. The van der Waals surface area contributed by atoms with Gasteiger partial charge < -0.3 is 14.8 Å². The average Bonchev–Trinajstić information content (AvgIpc) is 3.20. The normalized spacial score (nSPS) is 10.6. The minimum atomic E-state index is -0.149. The Morgan fingerprint density at radius 3 is 2.54 bits per heavy atom. The van der Waals surface area contributed by atoms with Crippen molar-refractivity contribution in [1.82, 2.24) is 15.1 Å². The Morgan fingerprint density at radius 2 is 1.86 bits per heavy atom. The van der Waals surface area contributed by atoms with E-state index in [4.69, 9.17) is 9.47 Å². The van der Waals surface area contributed by atoms with Crippen LogP contribution in [0.1, 0.15) is 23.7 Å². The van der Waals surface area contributed by atoms with Gasteiger partial charge in [-0.1, -0.05) is 18.2 Å². The zero-order valence-electron chi connectivity index (χ0n) is 16.2. The quantitative estimate of drug-likeness (QED) is 0.576. The number of carbonyl (C=O) groups is 1. The first-order valence-corrected chi connectivity index (χ1v) is 9.38. The van der Waals surface area contributed by atoms with Crippen LogP contribution in [0.25, 0.3) is 16.9 Å². The monoisotopic (exact) mass is 379 g/mol. The number of ether oxygens (including phenoxy) is 2. The Balaban J connectivity index is 1.87. The molecular weight excluding hydrogens is 354 g/mol. The molecule has 1 aromatic heterocycles. The maximum atomic E-state index is 12.8. The van der Waals surface area contributed by atoms with Gasteiger partial charge in [0, 0.05) is 31.5 Å². The summed E-state index contributed by atoms with van der Waals surface area (Å²) < 4.78 is 12.3. The molecule has 0 atom stereocenters. The van der Waals surface area contributed by atoms with Crippen LogP contribution in [-0.4, -0.2) is 42.6 Å². The molecule has 0 saturated heterocycles. The fraction of sp³-hybridized carbons (Fsp3) is 0.273. The van der Waals surface area contributed by atoms with E-state index in [0.29, 0.717) is 31.0 Å². The van der Waals surface area contributed by atoms with Crippen LogP contribution >= 0.6 is 0 Å². The third-order valence-corrected chi connectivity index (χ3v) is 4.30. The molecule has 0 fully saturated rings. The number of rotatable bonds is 9. The van der Waals surface area contributed by atoms with Gasteiger partial charge in [0.2, 0.25) is 0 Å². The zero-order chi connectivity index (χ0) is 19.8. The number of nitrogens with zero attached hydrogens (tertiary/aromatic N) is 2. The maximum Gasteiger partial charge on any atom is 0.255 e. The van der Waals surface area contributed by atoms with Crippen molar-refractivity contribution in [3.05, 3.63) is 66.4 Å². The Labute approximate surface area is 165 Å². The summed E-state index contributed by atoms with van der Waals surface area (Å²) in [5.74, 6) is 0.609. The number of hydrogen-bond donors (Lipinski definition) is 1. The van der Waals surface area contributed by atoms with Crippen molar-refractivity contribution in [2.24, 2.45) is 0 Å². The lowest BCUT2D eigenvalue weighted by atomic mass is 10.1. The number of aromatic nitrogens is 2. The third-order valence-electron chi connectivity index (χ3n) is 4.30. The lowest BCUT2D eigenvalue weighted by Gasteiger charge is -2.06. The van der Waals surface area contributed by atoms with Gasteiger partial charge in [0.15, 0.2) is 0 Å². The summed E-state index contributed by atoms with van der Waals surface area (Å²) in [7, 11) is 1.63. The minimum Gasteiger partial charge on any atom is -0.497 e. The SMILES string of the molecule is CCOCCCNC(=O)c1cn(-c2ccccc2)nc1-c1ccc(OC)cc1. The van der Waals surface area contributed by atoms with E-state index in [1.54, 1.807) is 18.0 Å². The second-order valence-electron chi connectivity index (χ2n) is 6.21. The number of hydrogen-bond acceptors (Lipinski definition) is 4. The molecule has 3 rings (SSSR count). The molecule has 1 amide bonds. The van der Waals surface area contributed by atoms with Gasteiger partial charge >= 0.3 is 0 Å². The van der Waals surface area contributed by atoms with Gasteiger partial charge in [0.05, 0.1) is 18.4 Å². The van der Waals surface area contributed by atoms with Crippen molar-refractivity contribution in [2.45, 2.75) is 13.3 Å². The molecule has 3 aromatic rings. The van der Waals surface area contributed by atoms with E-state index in [1.165, 1.54) is 0 Å². The van der Waals surface area contributed by atoms with E-state index in [1.807, 2.05) is 61.5 Å². The van der Waals surface area contributed by atoms with E-state index in [0.717, 1.165) is 23.4 Å². The highest BCUT2D eigenvalue weighted by Gasteiger charge is 2.18. The van der Waals surface area contributed by atoms with Crippen LogP contribution in [0.3, 0.4) is 0 Å². The highest BCUT2D eigenvalue weighted by Crippen LogP contribution is 2.25. The Hall–Kier alpha value is -3.12. The molecule has 1 heterocycles. The van der Waals surface area contributed by atoms with Crippen LogP contribution in [0.5, 0.6) is 5.75 Å². The van der Waals surface area contributed by atoms with Crippen LogP contribution in [0.4, 0.5) is 0 Å². The molecule has 0 aliphatic heterocycles. The van der Waals surface area contributed by atoms with Crippen LogP contribution < -0.4 is 10.1 Å². The number of benzene rings is 2. The lowest BCUT2D eigenvalue weighted by Crippen LogP contribution is -2.25. The van der Waals surface area contributed by atoms with Crippen molar-refractivity contribution in [3.63, 3.8) is 0 Å². The Morgan fingerprint density at radius 1 is 1.11 bits per heavy atom. The Kier molecular flexibility index (Phi) is 6.81. The van der Waals surface area contributed by atoms with E-state index in [2.05, 4.69) is 10.4 Å². The molecule has 146 valence electrons. The number of carbonyl (C=O) groups excluding carboxylic acids is 1. The molecule has 1 N–H and O–H groups in total. The summed E-state index contributed by atoms with van der Waals surface area (Å²) in [6.07, 6.45) is 2.54. The topological polar surface area (TPSA) is 65.4 Å². The van der Waals surface area contributed by atoms with E-state index >= 15 is 0 Å². The van der Waals surface area contributed by atoms with Gasteiger partial charge in [-0.25, -0.2) is 4.68 Å². The number of methoxy groups -OCH3 is 1. The predicted octanol–water partition coefficient (Wildman–Crippen LogP) is 3.70. The predicted molar refractivity (Wildman–Crippen MR) is 109 cm³/mol. The lowest BCUT2D eigenvalue weighted by molar-refractivity contribution is 0.0945. The molecule has 6 heteroatoms. The molecule has 0 aliphatic carbocycles. The standard InChI is InChI=1S/C22H25N3O3/c1-3-28-15-7-14-23-22(26)20-16-25(18-8-5-4-6-9-18)24-21(20)17-10-12-19(27-2)13-11-17/h4-6,8-13,16H,3,7,14-15H2,1-2H3,(H,23,26). The number of amides is 1. The highest BCUT2D eigenvalue weighted by atomic mass is 16.5. The van der Waals surface area contributed by atoms with Crippen molar-refractivity contribution in [3.8, 4) is 22.7 Å². The first-order valence-electron chi connectivity index (χ1n) is 9.38. The van der Waals surface area contributed by atoms with E-state index in [9.17, 15) is 4.79 Å². The van der Waals surface area contributed by atoms with Gasteiger partial charge in [-0.15, -0.1) is 0 Å². The van der Waals surface area contributed by atoms with E-state index in [-0.39, 0.29) is 5.91 Å². The molecule has 0 saturated carbocycles. The molecule has 28 heavy (non-hydrogen) atoms. The maximum absolute atomic E-state index is 12.8. The summed E-state index contributed by atoms with van der Waals surface area (Å²) in [5, 5.41) is 7.63. The number of nitrogens with one attached hydrogen (secondary N) is 1. The second kappa shape index (κ2) is 9.71. The van der Waals surface area contributed by atoms with Crippen molar-refractivity contribution in [2.75, 3.05) is 26.9 Å². The number of para-hydroxylation sites is 1. The zero-order valence-corrected chi connectivity index (χ0v) is 16.2. The van der Waals surface area contributed by atoms with Crippen molar-refractivity contribution < 1.29 is 14.3 Å². The largest absolute Gasteiger partial charge is 0.497 e. The van der Waals surface area contributed by atoms with Gasteiger partial charge in [-0.2, -0.15) is 5.10 Å². The summed E-state index contributed by atoms with van der Waals surface area (Å²) in [6.45, 7) is 3.82. The van der Waals surface area contributed by atoms with Crippen LogP contribution in [0.15, 0.2) is 60.8 Å². The van der Waals surface area contributed by atoms with Crippen LogP contribution in [-0.2, 0) is 4.74 Å². The molecule has 0 aliphatic rings. The minimum absolute atomic E-state index is 0.149. The molecule has 0 unspecified atom stereocenters. The molecule has 0 bridgehead atoms. The molecule has 2 aromatic carbocycles. The highest BCUT2D eigenvalue weighted by molar-refractivity contribution is 5.99. The van der Waals surface area contributed by atoms with Crippen molar-refractivity contribution in [1.29, 1.82) is 0 Å². The van der Waals surface area contributed by atoms with Crippen molar-refractivity contribution >= 4 is 5.91 Å². The molecular formula is C22H25N3O3. The van der Waals surface area contributed by atoms with Crippen LogP contribution in [0.2, 0.25) is 0 Å². The molecule has 0 spiro atoms.